The first-order chi connectivity index (χ1) is 14.0. The van der Waals surface area contributed by atoms with E-state index in [4.69, 9.17) is 0 Å². The van der Waals surface area contributed by atoms with Crippen LogP contribution in [0.2, 0.25) is 0 Å². The number of aryl methyl sites for hydroxylation is 3. The number of fused-ring (bicyclic) bond motifs is 1. The summed E-state index contributed by atoms with van der Waals surface area (Å²) in [6.07, 6.45) is 3.58. The first kappa shape index (κ1) is 19.1. The van der Waals surface area contributed by atoms with Crippen molar-refractivity contribution in [3.05, 3.63) is 57.5 Å². The van der Waals surface area contributed by atoms with Crippen LogP contribution in [-0.2, 0) is 19.5 Å². The highest BCUT2D eigenvalue weighted by Gasteiger charge is 2.18. The number of hydrogen-bond donors (Lipinski definition) is 1. The van der Waals surface area contributed by atoms with Crippen LogP contribution in [0.15, 0.2) is 29.1 Å². The van der Waals surface area contributed by atoms with E-state index in [9.17, 15) is 9.59 Å². The fourth-order valence-corrected chi connectivity index (χ4v) is 3.58. The number of rotatable bonds is 6. The molecule has 0 aliphatic carbocycles. The van der Waals surface area contributed by atoms with Gasteiger partial charge in [0.1, 0.15) is 5.82 Å². The Balaban J connectivity index is 1.34. The molecule has 3 heterocycles. The van der Waals surface area contributed by atoms with E-state index in [1.807, 2.05) is 38.1 Å². The van der Waals surface area contributed by atoms with Crippen molar-refractivity contribution in [2.75, 3.05) is 6.54 Å². The lowest BCUT2D eigenvalue weighted by molar-refractivity contribution is 0.0947. The highest BCUT2D eigenvalue weighted by Crippen LogP contribution is 2.13. The molecule has 0 saturated heterocycles. The van der Waals surface area contributed by atoms with Gasteiger partial charge in [-0.15, -0.1) is 5.10 Å². The predicted molar refractivity (Wildman–Crippen MR) is 107 cm³/mol. The van der Waals surface area contributed by atoms with Crippen LogP contribution in [0.3, 0.4) is 0 Å². The lowest BCUT2D eigenvalue weighted by Gasteiger charge is -2.09. The molecule has 1 aliphatic heterocycles. The Kier molecular flexibility index (Phi) is 5.28. The molecule has 29 heavy (non-hydrogen) atoms. The van der Waals surface area contributed by atoms with Gasteiger partial charge in [0.2, 0.25) is 0 Å². The molecule has 0 unspecified atom stereocenters. The summed E-state index contributed by atoms with van der Waals surface area (Å²) in [5.74, 6) is 0.603. The van der Waals surface area contributed by atoms with Gasteiger partial charge in [0, 0.05) is 26.1 Å². The van der Waals surface area contributed by atoms with Gasteiger partial charge < -0.3 is 5.32 Å². The van der Waals surface area contributed by atoms with Crippen molar-refractivity contribution in [1.82, 2.24) is 34.7 Å². The molecular formula is C20H25N7O2. The molecule has 0 radical (unpaired) electrons. The second-order valence-electron chi connectivity index (χ2n) is 7.41. The molecule has 1 aromatic carbocycles. The largest absolute Gasteiger partial charge is 0.351 e. The molecule has 1 amide bonds. The maximum Gasteiger partial charge on any atom is 0.345 e. The van der Waals surface area contributed by atoms with E-state index in [-0.39, 0.29) is 11.6 Å². The van der Waals surface area contributed by atoms with Gasteiger partial charge in [-0.3, -0.25) is 9.36 Å². The molecule has 0 saturated carbocycles. The van der Waals surface area contributed by atoms with E-state index in [1.165, 1.54) is 4.68 Å². The zero-order valence-electron chi connectivity index (χ0n) is 16.8. The molecule has 0 spiro atoms. The first-order valence-electron chi connectivity index (χ1n) is 9.98. The molecule has 1 aliphatic rings. The fraction of sp³-hybridized carbons (Fsp3) is 0.450. The molecule has 9 heteroatoms. The SMILES string of the molecule is Cc1ccc(-n2nnc(C(=O)NCCCn3nc4n(c3=O)CCCC4)c2C)cc1. The highest BCUT2D eigenvalue weighted by molar-refractivity contribution is 5.93. The molecule has 0 bridgehead atoms. The van der Waals surface area contributed by atoms with Gasteiger partial charge in [-0.2, -0.15) is 5.10 Å². The van der Waals surface area contributed by atoms with Crippen LogP contribution in [0.25, 0.3) is 5.69 Å². The number of amides is 1. The van der Waals surface area contributed by atoms with Gasteiger partial charge >= 0.3 is 5.69 Å². The number of nitrogens with zero attached hydrogens (tertiary/aromatic N) is 6. The van der Waals surface area contributed by atoms with Crippen LogP contribution in [0.1, 0.15) is 46.8 Å². The lowest BCUT2D eigenvalue weighted by Crippen LogP contribution is -2.29. The molecule has 0 atom stereocenters. The Hall–Kier alpha value is -3.23. The Labute approximate surface area is 168 Å². The van der Waals surface area contributed by atoms with E-state index in [2.05, 4.69) is 20.7 Å². The summed E-state index contributed by atoms with van der Waals surface area (Å²) < 4.78 is 4.92. The van der Waals surface area contributed by atoms with Crippen molar-refractivity contribution in [2.24, 2.45) is 0 Å². The standard InChI is InChI=1S/C20H25N7O2/c1-14-7-9-16(10-8-14)27-15(2)18(22-24-27)19(28)21-11-5-13-26-20(29)25-12-4-3-6-17(25)23-26/h7-10H,3-6,11-13H2,1-2H3,(H,21,28). The Morgan fingerprint density at radius 3 is 2.72 bits per heavy atom. The number of carbonyl (C=O) groups excluding carboxylic acids is 1. The van der Waals surface area contributed by atoms with Crippen molar-refractivity contribution in [3.8, 4) is 5.69 Å². The Morgan fingerprint density at radius 1 is 1.17 bits per heavy atom. The van der Waals surface area contributed by atoms with Gasteiger partial charge in [0.15, 0.2) is 5.69 Å². The number of aromatic nitrogens is 6. The third-order valence-corrected chi connectivity index (χ3v) is 5.25. The summed E-state index contributed by atoms with van der Waals surface area (Å²) in [6.45, 7) is 5.51. The second-order valence-corrected chi connectivity index (χ2v) is 7.41. The molecular weight excluding hydrogens is 370 g/mol. The van der Waals surface area contributed by atoms with Crippen LogP contribution < -0.4 is 11.0 Å². The van der Waals surface area contributed by atoms with Crippen LogP contribution >= 0.6 is 0 Å². The first-order valence-corrected chi connectivity index (χ1v) is 9.98. The fourth-order valence-electron chi connectivity index (χ4n) is 3.58. The lowest BCUT2D eigenvalue weighted by atomic mass is 10.2. The van der Waals surface area contributed by atoms with E-state index in [1.54, 1.807) is 9.25 Å². The molecule has 152 valence electrons. The van der Waals surface area contributed by atoms with E-state index in [0.29, 0.717) is 30.9 Å². The summed E-state index contributed by atoms with van der Waals surface area (Å²) in [7, 11) is 0. The summed E-state index contributed by atoms with van der Waals surface area (Å²) in [5, 5.41) is 15.4. The van der Waals surface area contributed by atoms with E-state index in [0.717, 1.165) is 42.9 Å². The summed E-state index contributed by atoms with van der Waals surface area (Å²) >= 11 is 0. The van der Waals surface area contributed by atoms with Crippen molar-refractivity contribution in [2.45, 2.75) is 52.6 Å². The maximum absolute atomic E-state index is 12.5. The topological polar surface area (TPSA) is 99.6 Å². The Bertz CT molecular complexity index is 1080. The average molecular weight is 395 g/mol. The zero-order valence-corrected chi connectivity index (χ0v) is 16.8. The van der Waals surface area contributed by atoms with Crippen LogP contribution in [0.4, 0.5) is 0 Å². The average Bonchev–Trinajstić information content (AvgIpc) is 3.26. The highest BCUT2D eigenvalue weighted by atomic mass is 16.2. The Morgan fingerprint density at radius 2 is 1.97 bits per heavy atom. The molecule has 3 aromatic rings. The third-order valence-electron chi connectivity index (χ3n) is 5.25. The van der Waals surface area contributed by atoms with Crippen molar-refractivity contribution >= 4 is 5.91 Å². The van der Waals surface area contributed by atoms with Crippen LogP contribution in [0.5, 0.6) is 0 Å². The van der Waals surface area contributed by atoms with Gasteiger partial charge in [-0.25, -0.2) is 14.2 Å². The number of carbonyl (C=O) groups is 1. The van der Waals surface area contributed by atoms with Crippen LogP contribution in [-0.4, -0.2) is 41.8 Å². The maximum atomic E-state index is 12.5. The van der Waals surface area contributed by atoms with E-state index < -0.39 is 0 Å². The van der Waals surface area contributed by atoms with Crippen molar-refractivity contribution in [3.63, 3.8) is 0 Å². The molecule has 1 N–H and O–H groups in total. The summed E-state index contributed by atoms with van der Waals surface area (Å²) in [4.78, 5) is 24.8. The molecule has 0 fully saturated rings. The molecule has 9 nitrogen and oxygen atoms in total. The predicted octanol–water partition coefficient (Wildman–Crippen LogP) is 1.40. The molecule has 4 rings (SSSR count). The quantitative estimate of drug-likeness (QED) is 0.636. The van der Waals surface area contributed by atoms with Crippen molar-refractivity contribution in [1.29, 1.82) is 0 Å². The van der Waals surface area contributed by atoms with Gasteiger partial charge in [-0.05, 0) is 45.2 Å². The third kappa shape index (κ3) is 3.85. The summed E-state index contributed by atoms with van der Waals surface area (Å²) in [5.41, 5.74) is 2.96. The number of benzene rings is 1. The summed E-state index contributed by atoms with van der Waals surface area (Å²) in [6, 6.07) is 7.87. The number of hydrogen-bond acceptors (Lipinski definition) is 5. The van der Waals surface area contributed by atoms with Gasteiger partial charge in [-0.1, -0.05) is 22.9 Å². The minimum Gasteiger partial charge on any atom is -0.351 e. The monoisotopic (exact) mass is 395 g/mol. The smallest absolute Gasteiger partial charge is 0.345 e. The minimum atomic E-state index is -0.266. The zero-order chi connectivity index (χ0) is 20.4. The van der Waals surface area contributed by atoms with Gasteiger partial charge in [0.05, 0.1) is 11.4 Å². The second kappa shape index (κ2) is 8.02. The van der Waals surface area contributed by atoms with E-state index >= 15 is 0 Å². The molecule has 2 aromatic heterocycles. The normalized spacial score (nSPS) is 13.3. The van der Waals surface area contributed by atoms with Gasteiger partial charge in [0.25, 0.3) is 5.91 Å². The number of nitrogens with one attached hydrogen (secondary N) is 1. The minimum absolute atomic E-state index is 0.0529. The van der Waals surface area contributed by atoms with Crippen LogP contribution in [0, 0.1) is 13.8 Å². The van der Waals surface area contributed by atoms with Crippen molar-refractivity contribution < 1.29 is 4.79 Å².